The molecule has 1 aliphatic carbocycles. The second kappa shape index (κ2) is 7.63. The van der Waals surface area contributed by atoms with Gasteiger partial charge in [-0.3, -0.25) is 14.7 Å². The summed E-state index contributed by atoms with van der Waals surface area (Å²) in [4.78, 5) is 33.2. The molecular formula is C23H27N5O2. The predicted octanol–water partition coefficient (Wildman–Crippen LogP) is 3.49. The van der Waals surface area contributed by atoms with Crippen LogP contribution in [0.1, 0.15) is 64.3 Å². The molecule has 0 radical (unpaired) electrons. The maximum absolute atomic E-state index is 13.2. The molecule has 2 aliphatic rings. The van der Waals surface area contributed by atoms with E-state index in [2.05, 4.69) is 15.2 Å². The number of benzene rings is 1. The van der Waals surface area contributed by atoms with Crippen LogP contribution in [0, 0.1) is 0 Å². The number of hydrogen-bond donors (Lipinski definition) is 2. The predicted molar refractivity (Wildman–Crippen MR) is 114 cm³/mol. The summed E-state index contributed by atoms with van der Waals surface area (Å²) in [6.07, 6.45) is 6.39. The van der Waals surface area contributed by atoms with E-state index < -0.39 is 0 Å². The van der Waals surface area contributed by atoms with Gasteiger partial charge in [0.05, 0.1) is 6.54 Å². The summed E-state index contributed by atoms with van der Waals surface area (Å²) < 4.78 is 0. The van der Waals surface area contributed by atoms with E-state index in [9.17, 15) is 9.59 Å². The van der Waals surface area contributed by atoms with Gasteiger partial charge in [0.15, 0.2) is 5.69 Å². The van der Waals surface area contributed by atoms with Crippen molar-refractivity contribution >= 4 is 22.7 Å². The van der Waals surface area contributed by atoms with E-state index in [1.54, 1.807) is 4.90 Å². The Kier molecular flexibility index (Phi) is 4.81. The highest BCUT2D eigenvalue weighted by Gasteiger charge is 2.32. The van der Waals surface area contributed by atoms with Crippen molar-refractivity contribution in [2.45, 2.75) is 51.1 Å². The summed E-state index contributed by atoms with van der Waals surface area (Å²) in [5.41, 5.74) is 3.82. The molecule has 2 N–H and O–H groups in total. The molecular weight excluding hydrogens is 378 g/mol. The molecule has 156 valence electrons. The van der Waals surface area contributed by atoms with Crippen molar-refractivity contribution in [2.75, 3.05) is 13.6 Å². The van der Waals surface area contributed by atoms with Crippen LogP contribution in [0.25, 0.3) is 10.9 Å². The SMILES string of the molecule is CN(C(=O)c1n[nH]c2c1CN(C(=O)c1cc3ccccc3[nH]1)CC2)C1CCCCC1. The first kappa shape index (κ1) is 18.9. The largest absolute Gasteiger partial charge is 0.351 e. The fourth-order valence-corrected chi connectivity index (χ4v) is 4.81. The van der Waals surface area contributed by atoms with Gasteiger partial charge in [-0.05, 0) is 25.0 Å². The number of fused-ring (bicyclic) bond motifs is 2. The number of nitrogens with one attached hydrogen (secondary N) is 2. The first-order valence-electron chi connectivity index (χ1n) is 10.8. The molecule has 0 unspecified atom stereocenters. The third-order valence-corrected chi connectivity index (χ3v) is 6.63. The zero-order chi connectivity index (χ0) is 20.7. The molecule has 0 bridgehead atoms. The number of para-hydroxylation sites is 1. The summed E-state index contributed by atoms with van der Waals surface area (Å²) in [6, 6.07) is 10.0. The second-order valence-electron chi connectivity index (χ2n) is 8.48. The molecule has 2 aromatic heterocycles. The molecule has 1 aliphatic heterocycles. The van der Waals surface area contributed by atoms with Crippen LogP contribution in [0.5, 0.6) is 0 Å². The summed E-state index contributed by atoms with van der Waals surface area (Å²) in [7, 11) is 1.88. The number of aromatic amines is 2. The summed E-state index contributed by atoms with van der Waals surface area (Å²) >= 11 is 0. The van der Waals surface area contributed by atoms with E-state index in [1.807, 2.05) is 42.3 Å². The second-order valence-corrected chi connectivity index (χ2v) is 8.48. The van der Waals surface area contributed by atoms with Gasteiger partial charge in [0.25, 0.3) is 11.8 Å². The highest BCUT2D eigenvalue weighted by atomic mass is 16.2. The molecule has 7 nitrogen and oxygen atoms in total. The Morgan fingerprint density at radius 2 is 1.97 bits per heavy atom. The Hall–Kier alpha value is -3.09. The lowest BCUT2D eigenvalue weighted by Gasteiger charge is -2.31. The van der Waals surface area contributed by atoms with E-state index >= 15 is 0 Å². The van der Waals surface area contributed by atoms with Crippen molar-refractivity contribution in [1.82, 2.24) is 25.0 Å². The molecule has 7 heteroatoms. The number of rotatable bonds is 3. The smallest absolute Gasteiger partial charge is 0.274 e. The van der Waals surface area contributed by atoms with Gasteiger partial charge < -0.3 is 14.8 Å². The van der Waals surface area contributed by atoms with Gasteiger partial charge in [0, 0.05) is 48.2 Å². The molecule has 0 atom stereocenters. The lowest BCUT2D eigenvalue weighted by atomic mass is 9.94. The lowest BCUT2D eigenvalue weighted by molar-refractivity contribution is 0.0675. The monoisotopic (exact) mass is 405 g/mol. The number of carbonyl (C=O) groups excluding carboxylic acids is 2. The average Bonchev–Trinajstić information content (AvgIpc) is 3.42. The van der Waals surface area contributed by atoms with Gasteiger partial charge in [-0.2, -0.15) is 5.10 Å². The van der Waals surface area contributed by atoms with Crippen LogP contribution >= 0.6 is 0 Å². The number of H-pyrrole nitrogens is 2. The Morgan fingerprint density at radius 3 is 2.77 bits per heavy atom. The molecule has 1 saturated carbocycles. The van der Waals surface area contributed by atoms with Crippen molar-refractivity contribution < 1.29 is 9.59 Å². The zero-order valence-electron chi connectivity index (χ0n) is 17.3. The van der Waals surface area contributed by atoms with E-state index in [1.165, 1.54) is 19.3 Å². The Bertz CT molecular complexity index is 1060. The van der Waals surface area contributed by atoms with Crippen LogP contribution in [0.4, 0.5) is 0 Å². The van der Waals surface area contributed by atoms with Crippen LogP contribution in [-0.2, 0) is 13.0 Å². The molecule has 0 saturated heterocycles. The van der Waals surface area contributed by atoms with E-state index in [0.29, 0.717) is 30.9 Å². The van der Waals surface area contributed by atoms with E-state index in [0.717, 1.165) is 35.0 Å². The number of nitrogens with zero attached hydrogens (tertiary/aromatic N) is 3. The van der Waals surface area contributed by atoms with Crippen LogP contribution < -0.4 is 0 Å². The van der Waals surface area contributed by atoms with E-state index in [4.69, 9.17) is 0 Å². The number of hydrogen-bond acceptors (Lipinski definition) is 3. The van der Waals surface area contributed by atoms with E-state index in [-0.39, 0.29) is 17.9 Å². The van der Waals surface area contributed by atoms with Crippen molar-refractivity contribution in [3.63, 3.8) is 0 Å². The van der Waals surface area contributed by atoms with Crippen LogP contribution in [0.15, 0.2) is 30.3 Å². The minimum atomic E-state index is -0.0444. The number of amides is 2. The fourth-order valence-electron chi connectivity index (χ4n) is 4.81. The zero-order valence-corrected chi connectivity index (χ0v) is 17.3. The van der Waals surface area contributed by atoms with Gasteiger partial charge >= 0.3 is 0 Å². The molecule has 30 heavy (non-hydrogen) atoms. The number of aromatic nitrogens is 3. The number of carbonyl (C=O) groups is 2. The Morgan fingerprint density at radius 1 is 1.17 bits per heavy atom. The maximum atomic E-state index is 13.2. The molecule has 5 rings (SSSR count). The van der Waals surface area contributed by atoms with Gasteiger partial charge in [-0.25, -0.2) is 0 Å². The molecule has 3 heterocycles. The quantitative estimate of drug-likeness (QED) is 0.699. The Balaban J connectivity index is 1.36. The first-order valence-corrected chi connectivity index (χ1v) is 10.8. The van der Waals surface area contributed by atoms with Gasteiger partial charge in [-0.15, -0.1) is 0 Å². The van der Waals surface area contributed by atoms with Gasteiger partial charge in [0.2, 0.25) is 0 Å². The summed E-state index contributed by atoms with van der Waals surface area (Å²) in [5.74, 6) is -0.0867. The maximum Gasteiger partial charge on any atom is 0.274 e. The third kappa shape index (κ3) is 3.28. The van der Waals surface area contributed by atoms with Crippen molar-refractivity contribution in [1.29, 1.82) is 0 Å². The van der Waals surface area contributed by atoms with Crippen molar-refractivity contribution in [3.05, 3.63) is 53.0 Å². The normalized spacial score (nSPS) is 17.2. The molecule has 0 spiro atoms. The molecule has 3 aromatic rings. The topological polar surface area (TPSA) is 85.1 Å². The molecule has 2 amide bonds. The van der Waals surface area contributed by atoms with Crippen molar-refractivity contribution in [2.24, 2.45) is 0 Å². The van der Waals surface area contributed by atoms with Crippen LogP contribution in [0.3, 0.4) is 0 Å². The Labute approximate surface area is 175 Å². The van der Waals surface area contributed by atoms with Crippen LogP contribution in [-0.4, -0.2) is 56.4 Å². The minimum absolute atomic E-state index is 0.0423. The standard InChI is InChI=1S/C23H27N5O2/c1-27(16-8-3-2-4-9-16)23(30)21-17-14-28(12-11-19(17)25-26-21)22(29)20-13-15-7-5-6-10-18(15)24-20/h5-7,10,13,16,24H,2-4,8-9,11-12,14H2,1H3,(H,25,26). The van der Waals surface area contributed by atoms with Crippen LogP contribution in [0.2, 0.25) is 0 Å². The third-order valence-electron chi connectivity index (χ3n) is 6.63. The summed E-state index contributed by atoms with van der Waals surface area (Å²) in [6.45, 7) is 1.01. The molecule has 1 aromatic carbocycles. The van der Waals surface area contributed by atoms with Gasteiger partial charge in [-0.1, -0.05) is 37.5 Å². The van der Waals surface area contributed by atoms with Crippen molar-refractivity contribution in [3.8, 4) is 0 Å². The fraction of sp³-hybridized carbons (Fsp3) is 0.435. The lowest BCUT2D eigenvalue weighted by Crippen LogP contribution is -2.40. The highest BCUT2D eigenvalue weighted by molar-refractivity contribution is 5.98. The highest BCUT2D eigenvalue weighted by Crippen LogP contribution is 2.27. The van der Waals surface area contributed by atoms with Gasteiger partial charge in [0.1, 0.15) is 5.69 Å². The molecule has 1 fully saturated rings. The summed E-state index contributed by atoms with van der Waals surface area (Å²) in [5, 5.41) is 8.42. The first-order chi connectivity index (χ1) is 14.6. The minimum Gasteiger partial charge on any atom is -0.351 e. The average molecular weight is 406 g/mol.